The van der Waals surface area contributed by atoms with Gasteiger partial charge in [0.1, 0.15) is 0 Å². The molecule has 5 heteroatoms. The molecule has 1 heterocycles. The summed E-state index contributed by atoms with van der Waals surface area (Å²) in [4.78, 5) is 12.1. The van der Waals surface area contributed by atoms with Gasteiger partial charge >= 0.3 is 0 Å². The SMILES string of the molecule is COc1cc(C2CC[C@H]3[C@@H]4CCC5NC(=O)CC[C@]5(C)[C@@H]4CC[C@]23C)cc(OC)c1OC. The number of hydrogen-bond donors (Lipinski definition) is 1. The third kappa shape index (κ3) is 3.06. The first-order valence-electron chi connectivity index (χ1n) is 12.4. The molecule has 1 saturated heterocycles. The number of amides is 1. The Morgan fingerprint density at radius 2 is 1.53 bits per heavy atom. The van der Waals surface area contributed by atoms with Gasteiger partial charge in [0.25, 0.3) is 0 Å². The molecule has 3 aliphatic carbocycles. The fourth-order valence-corrected chi connectivity index (χ4v) is 8.55. The minimum Gasteiger partial charge on any atom is -0.493 e. The number of carbonyl (C=O) groups is 1. The van der Waals surface area contributed by atoms with Crippen LogP contribution in [-0.2, 0) is 4.79 Å². The first-order valence-corrected chi connectivity index (χ1v) is 12.4. The molecule has 0 aromatic heterocycles. The van der Waals surface area contributed by atoms with Gasteiger partial charge in [-0.05, 0) is 97.1 Å². The number of nitrogens with one attached hydrogen (secondary N) is 1. The summed E-state index contributed by atoms with van der Waals surface area (Å²) in [5.74, 6) is 5.22. The van der Waals surface area contributed by atoms with E-state index in [1.807, 2.05) is 0 Å². The summed E-state index contributed by atoms with van der Waals surface area (Å²) in [6.45, 7) is 5.02. The van der Waals surface area contributed by atoms with E-state index in [9.17, 15) is 4.79 Å². The molecule has 1 aromatic rings. The van der Waals surface area contributed by atoms with Crippen molar-refractivity contribution < 1.29 is 19.0 Å². The van der Waals surface area contributed by atoms with Crippen LogP contribution in [0, 0.1) is 28.6 Å². The van der Waals surface area contributed by atoms with Crippen LogP contribution in [-0.4, -0.2) is 33.3 Å². The van der Waals surface area contributed by atoms with Gasteiger partial charge in [0.2, 0.25) is 11.7 Å². The molecule has 5 rings (SSSR count). The zero-order valence-electron chi connectivity index (χ0n) is 20.3. The van der Waals surface area contributed by atoms with Crippen molar-refractivity contribution in [2.45, 2.75) is 77.2 Å². The third-order valence-electron chi connectivity index (χ3n) is 10.2. The summed E-state index contributed by atoms with van der Waals surface area (Å²) in [5.41, 5.74) is 1.89. The molecule has 0 spiro atoms. The second kappa shape index (κ2) is 7.85. The fourth-order valence-electron chi connectivity index (χ4n) is 8.55. The summed E-state index contributed by atoms with van der Waals surface area (Å²) in [5, 5.41) is 3.35. The maximum Gasteiger partial charge on any atom is 0.220 e. The molecular formula is C27H39NO4. The molecule has 1 amide bonds. The molecule has 3 saturated carbocycles. The van der Waals surface area contributed by atoms with Crippen LogP contribution in [0.25, 0.3) is 0 Å². The molecule has 1 aliphatic heterocycles. The van der Waals surface area contributed by atoms with Gasteiger partial charge in [0, 0.05) is 12.5 Å². The Morgan fingerprint density at radius 1 is 0.844 bits per heavy atom. The summed E-state index contributed by atoms with van der Waals surface area (Å²) in [6, 6.07) is 4.74. The number of hydrogen-bond acceptors (Lipinski definition) is 4. The van der Waals surface area contributed by atoms with Gasteiger partial charge in [-0.3, -0.25) is 4.79 Å². The van der Waals surface area contributed by atoms with Crippen molar-refractivity contribution in [2.75, 3.05) is 21.3 Å². The molecule has 176 valence electrons. The predicted molar refractivity (Wildman–Crippen MR) is 124 cm³/mol. The number of benzene rings is 1. The lowest BCUT2D eigenvalue weighted by molar-refractivity contribution is -0.136. The molecule has 2 unspecified atom stereocenters. The molecule has 5 nitrogen and oxygen atoms in total. The van der Waals surface area contributed by atoms with E-state index in [4.69, 9.17) is 14.2 Å². The quantitative estimate of drug-likeness (QED) is 0.687. The van der Waals surface area contributed by atoms with E-state index in [1.54, 1.807) is 21.3 Å². The van der Waals surface area contributed by atoms with E-state index in [0.29, 0.717) is 29.5 Å². The van der Waals surface area contributed by atoms with Crippen LogP contribution in [0.15, 0.2) is 12.1 Å². The van der Waals surface area contributed by atoms with Crippen LogP contribution in [0.2, 0.25) is 0 Å². The van der Waals surface area contributed by atoms with Gasteiger partial charge < -0.3 is 19.5 Å². The first kappa shape index (κ1) is 21.9. The number of ether oxygens (including phenoxy) is 3. The maximum absolute atomic E-state index is 12.1. The molecule has 1 aromatic carbocycles. The van der Waals surface area contributed by atoms with Crippen molar-refractivity contribution in [3.05, 3.63) is 17.7 Å². The topological polar surface area (TPSA) is 56.8 Å². The number of fused-ring (bicyclic) bond motifs is 5. The van der Waals surface area contributed by atoms with Crippen LogP contribution in [0.1, 0.15) is 76.7 Å². The lowest BCUT2D eigenvalue weighted by Crippen LogP contribution is -2.60. The van der Waals surface area contributed by atoms with Crippen LogP contribution in [0.4, 0.5) is 0 Å². The molecule has 7 atom stereocenters. The molecule has 4 fully saturated rings. The lowest BCUT2D eigenvalue weighted by atomic mass is 9.47. The van der Waals surface area contributed by atoms with Gasteiger partial charge in [-0.25, -0.2) is 0 Å². The van der Waals surface area contributed by atoms with E-state index < -0.39 is 0 Å². The Labute approximate surface area is 192 Å². The second-order valence-electron chi connectivity index (χ2n) is 11.2. The highest BCUT2D eigenvalue weighted by Crippen LogP contribution is 2.67. The number of rotatable bonds is 4. The minimum atomic E-state index is 0.259. The van der Waals surface area contributed by atoms with Crippen LogP contribution in [0.3, 0.4) is 0 Å². The smallest absolute Gasteiger partial charge is 0.220 e. The Hall–Kier alpha value is -1.91. The van der Waals surface area contributed by atoms with Crippen LogP contribution < -0.4 is 19.5 Å². The number of methoxy groups -OCH3 is 3. The monoisotopic (exact) mass is 441 g/mol. The third-order valence-corrected chi connectivity index (χ3v) is 10.2. The highest BCUT2D eigenvalue weighted by molar-refractivity contribution is 5.77. The van der Waals surface area contributed by atoms with Crippen molar-refractivity contribution >= 4 is 5.91 Å². The van der Waals surface area contributed by atoms with Crippen molar-refractivity contribution in [1.82, 2.24) is 5.32 Å². The van der Waals surface area contributed by atoms with Gasteiger partial charge in [-0.1, -0.05) is 13.8 Å². The molecule has 1 N–H and O–H groups in total. The highest BCUT2D eigenvalue weighted by Gasteiger charge is 2.60. The highest BCUT2D eigenvalue weighted by atomic mass is 16.5. The van der Waals surface area contributed by atoms with Crippen molar-refractivity contribution in [3.63, 3.8) is 0 Å². The van der Waals surface area contributed by atoms with Crippen molar-refractivity contribution in [1.29, 1.82) is 0 Å². The Kier molecular flexibility index (Phi) is 5.37. The van der Waals surface area contributed by atoms with Crippen LogP contribution >= 0.6 is 0 Å². The minimum absolute atomic E-state index is 0.259. The van der Waals surface area contributed by atoms with Gasteiger partial charge in [-0.2, -0.15) is 0 Å². The lowest BCUT2D eigenvalue weighted by Gasteiger charge is -2.60. The van der Waals surface area contributed by atoms with Crippen LogP contribution in [0.5, 0.6) is 17.2 Å². The average Bonchev–Trinajstić information content (AvgIpc) is 3.15. The summed E-state index contributed by atoms with van der Waals surface area (Å²) < 4.78 is 16.9. The Balaban J connectivity index is 1.45. The molecule has 4 aliphatic rings. The first-order chi connectivity index (χ1) is 15.4. The van der Waals surface area contributed by atoms with Gasteiger partial charge in [-0.15, -0.1) is 0 Å². The largest absolute Gasteiger partial charge is 0.493 e. The number of carbonyl (C=O) groups excluding carboxylic acids is 1. The predicted octanol–water partition coefficient (Wildman–Crippen LogP) is 5.32. The van der Waals surface area contributed by atoms with E-state index in [1.165, 1.54) is 37.7 Å². The summed E-state index contributed by atoms with van der Waals surface area (Å²) in [6.07, 6.45) is 9.22. The van der Waals surface area contributed by atoms with E-state index >= 15 is 0 Å². The zero-order valence-corrected chi connectivity index (χ0v) is 20.3. The Morgan fingerprint density at radius 3 is 2.19 bits per heavy atom. The average molecular weight is 442 g/mol. The second-order valence-corrected chi connectivity index (χ2v) is 11.2. The normalized spacial score (nSPS) is 40.5. The molecular weight excluding hydrogens is 402 g/mol. The summed E-state index contributed by atoms with van der Waals surface area (Å²) >= 11 is 0. The number of piperidine rings is 1. The Bertz CT molecular complexity index is 875. The molecule has 0 radical (unpaired) electrons. The van der Waals surface area contributed by atoms with E-state index in [2.05, 4.69) is 31.3 Å². The fraction of sp³-hybridized carbons (Fsp3) is 0.741. The molecule has 0 bridgehead atoms. The maximum atomic E-state index is 12.1. The van der Waals surface area contributed by atoms with E-state index in [-0.39, 0.29) is 11.3 Å². The van der Waals surface area contributed by atoms with Gasteiger partial charge in [0.05, 0.1) is 21.3 Å². The van der Waals surface area contributed by atoms with Crippen molar-refractivity contribution in [3.8, 4) is 17.2 Å². The standard InChI is InChI=1S/C27H39NO4/c1-26-12-10-20-17(6-9-23-27(20,2)13-11-24(29)28-23)19(26)8-7-18(26)16-14-21(30-3)25(32-5)22(15-16)31-4/h14-15,17-20,23H,6-13H2,1-5H3,(H,28,29)/t17-,18?,19-,20+,23?,26+,27+/m0/s1. The van der Waals surface area contributed by atoms with Gasteiger partial charge in [0.15, 0.2) is 11.5 Å². The summed E-state index contributed by atoms with van der Waals surface area (Å²) in [7, 11) is 5.07. The zero-order chi connectivity index (χ0) is 22.7. The molecule has 32 heavy (non-hydrogen) atoms. The van der Waals surface area contributed by atoms with Crippen molar-refractivity contribution in [2.24, 2.45) is 28.6 Å². The van der Waals surface area contributed by atoms with E-state index in [0.717, 1.165) is 42.1 Å².